The van der Waals surface area contributed by atoms with Crippen molar-refractivity contribution in [3.8, 4) is 17.0 Å². The maximum absolute atomic E-state index is 11.7. The number of carboxylic acid groups (broad SMARTS) is 1. The molecule has 0 radical (unpaired) electrons. The van der Waals surface area contributed by atoms with Crippen molar-refractivity contribution in [3.05, 3.63) is 59.0 Å². The number of benzene rings is 2. The molecule has 0 saturated heterocycles. The third-order valence-corrected chi connectivity index (χ3v) is 4.60. The van der Waals surface area contributed by atoms with E-state index >= 15 is 0 Å². The van der Waals surface area contributed by atoms with Gasteiger partial charge >= 0.3 is 5.97 Å². The van der Waals surface area contributed by atoms with Gasteiger partial charge < -0.3 is 15.5 Å². The molecule has 5 nitrogen and oxygen atoms in total. The van der Waals surface area contributed by atoms with Crippen molar-refractivity contribution in [1.82, 2.24) is 4.98 Å². The van der Waals surface area contributed by atoms with E-state index in [1.165, 1.54) is 29.0 Å². The van der Waals surface area contributed by atoms with Gasteiger partial charge in [-0.15, -0.1) is 11.3 Å². The van der Waals surface area contributed by atoms with E-state index in [1.54, 1.807) is 6.07 Å². The highest BCUT2D eigenvalue weighted by Crippen LogP contribution is 2.29. The van der Waals surface area contributed by atoms with Crippen molar-refractivity contribution in [1.29, 1.82) is 0 Å². The van der Waals surface area contributed by atoms with E-state index in [0.29, 0.717) is 16.7 Å². The lowest BCUT2D eigenvalue weighted by Gasteiger charge is -2.12. The molecule has 0 saturated carbocycles. The van der Waals surface area contributed by atoms with Crippen LogP contribution in [0.3, 0.4) is 0 Å². The lowest BCUT2D eigenvalue weighted by Crippen LogP contribution is -2.04. The normalized spacial score (nSPS) is 10.8. The predicted octanol–water partition coefficient (Wildman–Crippen LogP) is 4.45. The van der Waals surface area contributed by atoms with Gasteiger partial charge in [-0.1, -0.05) is 43.9 Å². The minimum atomic E-state index is -1.22. The van der Waals surface area contributed by atoms with Crippen LogP contribution >= 0.6 is 11.3 Å². The summed E-state index contributed by atoms with van der Waals surface area (Å²) in [5, 5.41) is 26.3. The smallest absolute Gasteiger partial charge is 0.335 e. The van der Waals surface area contributed by atoms with Crippen LogP contribution in [0, 0.1) is 0 Å². The predicted molar refractivity (Wildman–Crippen MR) is 97.8 cm³/mol. The second kappa shape index (κ2) is 6.94. The number of aromatic carboxylic acids is 1. The molecular formula is C19H17N2O3S-. The van der Waals surface area contributed by atoms with Gasteiger partial charge in [0, 0.05) is 16.6 Å². The number of nitrogens with one attached hydrogen (secondary N) is 1. The fourth-order valence-electron chi connectivity index (χ4n) is 2.40. The molecule has 25 heavy (non-hydrogen) atoms. The van der Waals surface area contributed by atoms with Gasteiger partial charge in [0.25, 0.3) is 0 Å². The van der Waals surface area contributed by atoms with Gasteiger partial charge in [-0.2, -0.15) is 0 Å². The average Bonchev–Trinajstić information content (AvgIpc) is 3.03. The molecule has 1 heterocycles. The summed E-state index contributed by atoms with van der Waals surface area (Å²) in [5.41, 5.74) is 3.44. The lowest BCUT2D eigenvalue weighted by molar-refractivity contribution is -0.268. The average molecular weight is 353 g/mol. The Morgan fingerprint density at radius 2 is 1.92 bits per heavy atom. The van der Waals surface area contributed by atoms with Crippen LogP contribution in [0.25, 0.3) is 11.3 Å². The lowest BCUT2D eigenvalue weighted by atomic mass is 10.0. The molecule has 0 amide bonds. The van der Waals surface area contributed by atoms with Crippen LogP contribution in [0.2, 0.25) is 0 Å². The third-order valence-electron chi connectivity index (χ3n) is 3.84. The van der Waals surface area contributed by atoms with Crippen LogP contribution in [-0.2, 0) is 0 Å². The zero-order valence-electron chi connectivity index (χ0n) is 13.8. The van der Waals surface area contributed by atoms with E-state index < -0.39 is 11.7 Å². The summed E-state index contributed by atoms with van der Waals surface area (Å²) in [6.07, 6.45) is 0. The molecule has 0 fully saturated rings. The van der Waals surface area contributed by atoms with Crippen LogP contribution in [0.1, 0.15) is 35.7 Å². The summed E-state index contributed by atoms with van der Waals surface area (Å²) in [7, 11) is 0. The van der Waals surface area contributed by atoms with Gasteiger partial charge in [0.2, 0.25) is 0 Å². The van der Waals surface area contributed by atoms with Crippen molar-refractivity contribution in [2.24, 2.45) is 0 Å². The first-order valence-corrected chi connectivity index (χ1v) is 8.69. The fraction of sp³-hybridized carbons (Fsp3) is 0.158. The van der Waals surface area contributed by atoms with Crippen molar-refractivity contribution in [3.63, 3.8) is 0 Å². The highest BCUT2D eigenvalue weighted by atomic mass is 32.1. The highest BCUT2D eigenvalue weighted by molar-refractivity contribution is 7.14. The van der Waals surface area contributed by atoms with Gasteiger partial charge in [-0.25, -0.2) is 9.78 Å². The van der Waals surface area contributed by atoms with Gasteiger partial charge in [0.05, 0.1) is 11.3 Å². The van der Waals surface area contributed by atoms with E-state index in [4.69, 9.17) is 5.11 Å². The summed E-state index contributed by atoms with van der Waals surface area (Å²) in [4.78, 5) is 15.4. The first kappa shape index (κ1) is 17.0. The second-order valence-corrected chi connectivity index (χ2v) is 6.81. The monoisotopic (exact) mass is 353 g/mol. The van der Waals surface area contributed by atoms with Crippen molar-refractivity contribution >= 4 is 28.1 Å². The molecule has 1 aromatic heterocycles. The topological polar surface area (TPSA) is 85.3 Å². The zero-order valence-corrected chi connectivity index (χ0v) is 14.6. The van der Waals surface area contributed by atoms with Crippen LogP contribution < -0.4 is 10.4 Å². The minimum absolute atomic E-state index is 0.240. The van der Waals surface area contributed by atoms with Gasteiger partial charge in [-0.3, -0.25) is 0 Å². The molecule has 0 aliphatic rings. The largest absolute Gasteiger partial charge is 0.872 e. The number of nitrogens with zero attached hydrogens (tertiary/aromatic N) is 1. The number of thiazole rings is 1. The van der Waals surface area contributed by atoms with Gasteiger partial charge in [0.15, 0.2) is 5.13 Å². The number of carbonyl (C=O) groups is 1. The summed E-state index contributed by atoms with van der Waals surface area (Å²) in [5.74, 6) is -1.27. The summed E-state index contributed by atoms with van der Waals surface area (Å²) < 4.78 is 0. The first-order valence-electron chi connectivity index (χ1n) is 7.81. The fourth-order valence-corrected chi connectivity index (χ4v) is 3.14. The van der Waals surface area contributed by atoms with Crippen LogP contribution in [0.5, 0.6) is 5.75 Å². The number of hydrogen-bond acceptors (Lipinski definition) is 5. The Kier molecular flexibility index (Phi) is 4.72. The standard InChI is InChI=1S/C19H18N2O3S/c1-11(2)12-3-5-13(6-4-12)16-10-25-19(21-16)20-14-7-8-15(18(23)24)17(22)9-14/h3-11,22H,1-2H3,(H,20,21)(H,23,24)/p-1. The van der Waals surface area contributed by atoms with Crippen molar-refractivity contribution < 1.29 is 15.0 Å². The van der Waals surface area contributed by atoms with Crippen molar-refractivity contribution in [2.45, 2.75) is 19.8 Å². The molecule has 0 aliphatic carbocycles. The van der Waals surface area contributed by atoms with E-state index in [1.807, 2.05) is 17.5 Å². The molecule has 2 aromatic carbocycles. The maximum Gasteiger partial charge on any atom is 0.335 e. The summed E-state index contributed by atoms with van der Waals surface area (Å²) >= 11 is 1.43. The van der Waals surface area contributed by atoms with E-state index in [2.05, 4.69) is 36.3 Å². The minimum Gasteiger partial charge on any atom is -0.872 e. The number of anilines is 2. The molecule has 0 bridgehead atoms. The molecular weight excluding hydrogens is 336 g/mol. The van der Waals surface area contributed by atoms with Crippen LogP contribution in [0.4, 0.5) is 10.8 Å². The Balaban J connectivity index is 1.77. The molecule has 2 N–H and O–H groups in total. The molecule has 0 aliphatic heterocycles. The van der Waals surface area contributed by atoms with E-state index in [0.717, 1.165) is 11.3 Å². The summed E-state index contributed by atoms with van der Waals surface area (Å²) in [6.45, 7) is 4.31. The Morgan fingerprint density at radius 1 is 1.20 bits per heavy atom. The Hall–Kier alpha value is -2.86. The quantitative estimate of drug-likeness (QED) is 0.708. The Morgan fingerprint density at radius 3 is 2.52 bits per heavy atom. The molecule has 0 spiro atoms. The molecule has 3 rings (SSSR count). The van der Waals surface area contributed by atoms with E-state index in [9.17, 15) is 9.90 Å². The van der Waals surface area contributed by atoms with Gasteiger partial charge in [0.1, 0.15) is 0 Å². The second-order valence-electron chi connectivity index (χ2n) is 5.96. The molecule has 6 heteroatoms. The molecule has 3 aromatic rings. The first-order chi connectivity index (χ1) is 11.9. The SMILES string of the molecule is CC(C)c1ccc(-c2csc(Nc3ccc(C(=O)O)c([O-])c3)n2)cc1. The highest BCUT2D eigenvalue weighted by Gasteiger charge is 2.08. The number of aromatic nitrogens is 1. The number of hydrogen-bond donors (Lipinski definition) is 2. The van der Waals surface area contributed by atoms with Crippen LogP contribution in [-0.4, -0.2) is 16.1 Å². The Labute approximate surface area is 149 Å². The third kappa shape index (κ3) is 3.80. The number of rotatable bonds is 5. The van der Waals surface area contributed by atoms with Gasteiger partial charge in [-0.05, 0) is 29.7 Å². The summed E-state index contributed by atoms with van der Waals surface area (Å²) in [6, 6.07) is 12.4. The zero-order chi connectivity index (χ0) is 18.0. The molecule has 0 unspecified atom stereocenters. The van der Waals surface area contributed by atoms with Crippen LogP contribution in [0.15, 0.2) is 47.8 Å². The Bertz CT molecular complexity index is 901. The maximum atomic E-state index is 11.7. The van der Waals surface area contributed by atoms with Crippen molar-refractivity contribution in [2.75, 3.05) is 5.32 Å². The number of carboxylic acids is 1. The molecule has 0 atom stereocenters. The molecule has 128 valence electrons. The van der Waals surface area contributed by atoms with E-state index in [-0.39, 0.29) is 5.56 Å².